The number of fused-ring (bicyclic) bond motifs is 1. The maximum atomic E-state index is 13.0. The largest absolute Gasteiger partial charge is 0.416 e. The molecule has 0 bridgehead atoms. The Kier molecular flexibility index (Phi) is 4.01. The van der Waals surface area contributed by atoms with E-state index >= 15 is 0 Å². The van der Waals surface area contributed by atoms with Crippen LogP contribution in [0.25, 0.3) is 10.9 Å². The van der Waals surface area contributed by atoms with Gasteiger partial charge >= 0.3 is 6.18 Å². The van der Waals surface area contributed by atoms with Gasteiger partial charge in [-0.2, -0.15) is 18.3 Å². The standard InChI is InChI=1S/C19H19F3N4O/c1-11-14(10-25(2)24-11)17-4-3-7-26(17)18(27)16-8-12-5-6-13(19(20,21)22)9-15(12)23-16/h5-6,8-10,17,23H,3-4,7H2,1-2H3. The van der Waals surface area contributed by atoms with Crippen LogP contribution in [0.4, 0.5) is 13.2 Å². The monoisotopic (exact) mass is 376 g/mol. The average Bonchev–Trinajstić information content (AvgIpc) is 3.30. The number of likely N-dealkylation sites (tertiary alicyclic amines) is 1. The van der Waals surface area contributed by atoms with Gasteiger partial charge in [0.15, 0.2) is 0 Å². The van der Waals surface area contributed by atoms with Gasteiger partial charge in [0.05, 0.1) is 17.3 Å². The van der Waals surface area contributed by atoms with Crippen LogP contribution in [0, 0.1) is 6.92 Å². The van der Waals surface area contributed by atoms with Gasteiger partial charge in [-0.25, -0.2) is 0 Å². The molecule has 1 aliphatic rings. The number of H-pyrrole nitrogens is 1. The summed E-state index contributed by atoms with van der Waals surface area (Å²) < 4.78 is 40.5. The van der Waals surface area contributed by atoms with Crippen molar-refractivity contribution in [3.05, 3.63) is 53.0 Å². The van der Waals surface area contributed by atoms with Gasteiger partial charge in [-0.1, -0.05) is 6.07 Å². The van der Waals surface area contributed by atoms with Crippen LogP contribution in [0.1, 0.15) is 46.2 Å². The normalized spacial score (nSPS) is 17.8. The lowest BCUT2D eigenvalue weighted by Gasteiger charge is -2.24. The number of nitrogens with one attached hydrogen (secondary N) is 1. The number of carbonyl (C=O) groups excluding carboxylic acids is 1. The lowest BCUT2D eigenvalue weighted by molar-refractivity contribution is -0.137. The van der Waals surface area contributed by atoms with Crippen LogP contribution in [0.2, 0.25) is 0 Å². The summed E-state index contributed by atoms with van der Waals surface area (Å²) in [5, 5.41) is 4.94. The zero-order chi connectivity index (χ0) is 19.3. The Morgan fingerprint density at radius 2 is 2.07 bits per heavy atom. The summed E-state index contributed by atoms with van der Waals surface area (Å²) in [4.78, 5) is 17.7. The molecule has 1 unspecified atom stereocenters. The first-order valence-corrected chi connectivity index (χ1v) is 8.75. The number of rotatable bonds is 2. The first-order chi connectivity index (χ1) is 12.7. The van der Waals surface area contributed by atoms with E-state index in [0.29, 0.717) is 23.1 Å². The van der Waals surface area contributed by atoms with Gasteiger partial charge in [0.1, 0.15) is 5.69 Å². The van der Waals surface area contributed by atoms with E-state index in [2.05, 4.69) is 10.1 Å². The van der Waals surface area contributed by atoms with Crippen LogP contribution < -0.4 is 0 Å². The van der Waals surface area contributed by atoms with Gasteiger partial charge in [0, 0.05) is 36.3 Å². The van der Waals surface area contributed by atoms with Crippen molar-refractivity contribution in [2.75, 3.05) is 6.54 Å². The predicted molar refractivity (Wildman–Crippen MR) is 94.3 cm³/mol. The average molecular weight is 376 g/mol. The van der Waals surface area contributed by atoms with E-state index < -0.39 is 11.7 Å². The van der Waals surface area contributed by atoms with E-state index in [4.69, 9.17) is 0 Å². The zero-order valence-corrected chi connectivity index (χ0v) is 15.0. The quantitative estimate of drug-likeness (QED) is 0.729. The molecule has 8 heteroatoms. The minimum atomic E-state index is -4.42. The van der Waals surface area contributed by atoms with Crippen molar-refractivity contribution in [2.24, 2.45) is 7.05 Å². The molecule has 1 fully saturated rings. The molecule has 142 valence electrons. The Labute approximate surface area is 153 Å². The van der Waals surface area contributed by atoms with E-state index in [1.165, 1.54) is 6.07 Å². The number of alkyl halides is 3. The summed E-state index contributed by atoms with van der Waals surface area (Å²) >= 11 is 0. The van der Waals surface area contributed by atoms with Crippen molar-refractivity contribution in [3.8, 4) is 0 Å². The lowest BCUT2D eigenvalue weighted by atomic mass is 10.1. The second-order valence-corrected chi connectivity index (χ2v) is 6.98. The van der Waals surface area contributed by atoms with E-state index in [9.17, 15) is 18.0 Å². The second kappa shape index (κ2) is 6.14. The molecule has 1 aromatic carbocycles. The number of hydrogen-bond donors (Lipinski definition) is 1. The first kappa shape index (κ1) is 17.6. The fourth-order valence-corrected chi connectivity index (χ4v) is 3.85. The smallest absolute Gasteiger partial charge is 0.351 e. The summed E-state index contributed by atoms with van der Waals surface area (Å²) in [6, 6.07) is 5.01. The van der Waals surface area contributed by atoms with Crippen molar-refractivity contribution in [2.45, 2.75) is 32.0 Å². The van der Waals surface area contributed by atoms with E-state index in [0.717, 1.165) is 36.2 Å². The molecule has 1 saturated heterocycles. The van der Waals surface area contributed by atoms with Crippen molar-refractivity contribution in [1.82, 2.24) is 19.7 Å². The Morgan fingerprint density at radius 3 is 2.74 bits per heavy atom. The van der Waals surface area contributed by atoms with Crippen molar-refractivity contribution >= 4 is 16.8 Å². The first-order valence-electron chi connectivity index (χ1n) is 8.75. The number of nitrogens with zero attached hydrogens (tertiary/aromatic N) is 3. The van der Waals surface area contributed by atoms with Gasteiger partial charge in [-0.15, -0.1) is 0 Å². The summed E-state index contributed by atoms with van der Waals surface area (Å²) in [5.41, 5.74) is 1.77. The zero-order valence-electron chi connectivity index (χ0n) is 15.0. The maximum absolute atomic E-state index is 13.0. The van der Waals surface area contributed by atoms with Crippen LogP contribution >= 0.6 is 0 Å². The number of aryl methyl sites for hydroxylation is 2. The summed E-state index contributed by atoms with van der Waals surface area (Å²) in [6.07, 6.45) is -0.770. The van der Waals surface area contributed by atoms with E-state index in [-0.39, 0.29) is 11.9 Å². The van der Waals surface area contributed by atoms with Crippen molar-refractivity contribution < 1.29 is 18.0 Å². The topological polar surface area (TPSA) is 53.9 Å². The molecule has 3 aromatic rings. The predicted octanol–water partition coefficient (Wildman–Crippen LogP) is 4.21. The Morgan fingerprint density at radius 1 is 1.30 bits per heavy atom. The van der Waals surface area contributed by atoms with Crippen LogP contribution in [-0.2, 0) is 13.2 Å². The molecule has 3 heterocycles. The number of carbonyl (C=O) groups is 1. The van der Waals surface area contributed by atoms with Crippen LogP contribution in [0.5, 0.6) is 0 Å². The molecule has 0 saturated carbocycles. The van der Waals surface area contributed by atoms with Gasteiger partial charge in [-0.3, -0.25) is 9.48 Å². The van der Waals surface area contributed by atoms with Crippen molar-refractivity contribution in [3.63, 3.8) is 0 Å². The third-order valence-electron chi connectivity index (χ3n) is 5.10. The van der Waals surface area contributed by atoms with Crippen LogP contribution in [-0.4, -0.2) is 32.1 Å². The molecule has 27 heavy (non-hydrogen) atoms. The lowest BCUT2D eigenvalue weighted by Crippen LogP contribution is -2.31. The van der Waals surface area contributed by atoms with Crippen molar-refractivity contribution in [1.29, 1.82) is 0 Å². The number of benzene rings is 1. The second-order valence-electron chi connectivity index (χ2n) is 6.98. The molecule has 0 spiro atoms. The highest BCUT2D eigenvalue weighted by atomic mass is 19.4. The van der Waals surface area contributed by atoms with Gasteiger partial charge in [0.2, 0.25) is 0 Å². The minimum absolute atomic E-state index is 0.0663. The third kappa shape index (κ3) is 3.09. The summed E-state index contributed by atoms with van der Waals surface area (Å²) in [7, 11) is 1.84. The molecule has 0 radical (unpaired) electrons. The van der Waals surface area contributed by atoms with Gasteiger partial charge in [0.25, 0.3) is 5.91 Å². The highest BCUT2D eigenvalue weighted by molar-refractivity contribution is 5.98. The number of amides is 1. The minimum Gasteiger partial charge on any atom is -0.351 e. The summed E-state index contributed by atoms with van der Waals surface area (Å²) in [5.74, 6) is -0.203. The molecular weight excluding hydrogens is 357 g/mol. The molecule has 1 N–H and O–H groups in total. The Hall–Kier alpha value is -2.77. The molecule has 5 nitrogen and oxygen atoms in total. The number of halogens is 3. The van der Waals surface area contributed by atoms with Gasteiger partial charge < -0.3 is 9.88 Å². The molecule has 4 rings (SSSR count). The number of aromatic amines is 1. The van der Waals surface area contributed by atoms with Crippen LogP contribution in [0.15, 0.2) is 30.5 Å². The fraction of sp³-hybridized carbons (Fsp3) is 0.368. The molecule has 2 aromatic heterocycles. The molecule has 0 aliphatic carbocycles. The van der Waals surface area contributed by atoms with Gasteiger partial charge in [-0.05, 0) is 38.0 Å². The Bertz CT molecular complexity index is 1020. The SMILES string of the molecule is Cc1nn(C)cc1C1CCCN1C(=O)c1cc2ccc(C(F)(F)F)cc2[nH]1. The highest BCUT2D eigenvalue weighted by Crippen LogP contribution is 2.35. The maximum Gasteiger partial charge on any atom is 0.416 e. The van der Waals surface area contributed by atoms with E-state index in [1.54, 1.807) is 15.6 Å². The highest BCUT2D eigenvalue weighted by Gasteiger charge is 2.34. The molecule has 1 amide bonds. The fourth-order valence-electron chi connectivity index (χ4n) is 3.85. The number of hydrogen-bond acceptors (Lipinski definition) is 2. The molecule has 1 atom stereocenters. The molecule has 1 aliphatic heterocycles. The van der Waals surface area contributed by atoms with E-state index in [1.807, 2.05) is 20.2 Å². The summed E-state index contributed by atoms with van der Waals surface area (Å²) in [6.45, 7) is 2.53. The molecular formula is C19H19F3N4O. The number of aromatic nitrogens is 3. The van der Waals surface area contributed by atoms with Crippen LogP contribution in [0.3, 0.4) is 0 Å². The Balaban J connectivity index is 1.66. The third-order valence-corrected chi connectivity index (χ3v) is 5.10.